The second-order valence-corrected chi connectivity index (χ2v) is 5.43. The van der Waals surface area contributed by atoms with Crippen LogP contribution in [0.4, 0.5) is 11.8 Å². The number of hydrogen-bond donors (Lipinski definition) is 3. The van der Waals surface area contributed by atoms with E-state index >= 15 is 0 Å². The molecule has 1 aliphatic rings. The third-order valence-electron chi connectivity index (χ3n) is 3.34. The average Bonchev–Trinajstić information content (AvgIpc) is 2.99. The number of fused-ring (bicyclic) bond motifs is 1. The van der Waals surface area contributed by atoms with E-state index in [1.165, 1.54) is 0 Å². The maximum absolute atomic E-state index is 11.9. The zero-order valence-corrected chi connectivity index (χ0v) is 12.1. The van der Waals surface area contributed by atoms with E-state index in [0.717, 1.165) is 12.8 Å². The number of aromatic amines is 1. The first-order valence-electron chi connectivity index (χ1n) is 6.83. The number of nitrogens with one attached hydrogen (secondary N) is 3. The Morgan fingerprint density at radius 3 is 3.09 bits per heavy atom. The molecule has 0 radical (unpaired) electrons. The number of amides is 1. The van der Waals surface area contributed by atoms with Crippen molar-refractivity contribution < 1.29 is 4.79 Å². The van der Waals surface area contributed by atoms with Crippen LogP contribution in [-0.4, -0.2) is 36.5 Å². The van der Waals surface area contributed by atoms with Gasteiger partial charge < -0.3 is 10.6 Å². The van der Waals surface area contributed by atoms with Crippen molar-refractivity contribution in [1.82, 2.24) is 29.9 Å². The lowest BCUT2D eigenvalue weighted by atomic mass is 10.4. The average molecular weight is 318 g/mol. The van der Waals surface area contributed by atoms with E-state index in [-0.39, 0.29) is 11.2 Å². The van der Waals surface area contributed by atoms with Gasteiger partial charge in [-0.2, -0.15) is 15.1 Å². The molecule has 3 heterocycles. The minimum absolute atomic E-state index is 0.135. The third-order valence-corrected chi connectivity index (χ3v) is 3.50. The summed E-state index contributed by atoms with van der Waals surface area (Å²) >= 11 is 5.90. The molecule has 1 aliphatic carbocycles. The highest BCUT2D eigenvalue weighted by molar-refractivity contribution is 6.28. The number of halogens is 1. The van der Waals surface area contributed by atoms with Crippen LogP contribution in [0, 0.1) is 0 Å². The Morgan fingerprint density at radius 1 is 1.41 bits per heavy atom. The molecule has 1 fully saturated rings. The molecule has 3 aromatic rings. The molecule has 0 bridgehead atoms. The van der Waals surface area contributed by atoms with Gasteiger partial charge in [0.15, 0.2) is 5.82 Å². The lowest BCUT2D eigenvalue weighted by molar-refractivity contribution is 0.0946. The Hall–Kier alpha value is -2.61. The highest BCUT2D eigenvalue weighted by Gasteiger charge is 2.24. The Bertz CT molecular complexity index is 851. The third kappa shape index (κ3) is 2.48. The van der Waals surface area contributed by atoms with Crippen LogP contribution < -0.4 is 10.6 Å². The van der Waals surface area contributed by atoms with Gasteiger partial charge in [0, 0.05) is 18.3 Å². The highest BCUT2D eigenvalue weighted by Crippen LogP contribution is 2.20. The van der Waals surface area contributed by atoms with Crippen LogP contribution in [-0.2, 0) is 0 Å². The Morgan fingerprint density at radius 2 is 2.27 bits per heavy atom. The lowest BCUT2D eigenvalue weighted by Crippen LogP contribution is -2.25. The number of H-pyrrole nitrogens is 1. The fourth-order valence-electron chi connectivity index (χ4n) is 2.10. The summed E-state index contributed by atoms with van der Waals surface area (Å²) in [5, 5.41) is 12.8. The summed E-state index contributed by atoms with van der Waals surface area (Å²) < 4.78 is 1.74. The largest absolute Gasteiger partial charge is 0.348 e. The SMILES string of the molecule is O=C(NC1CC1)c1cc(Nc2nc(Cl)nc3cccn23)n[nH]1. The molecule has 3 aromatic heterocycles. The highest BCUT2D eigenvalue weighted by atomic mass is 35.5. The van der Waals surface area contributed by atoms with E-state index in [4.69, 9.17) is 11.6 Å². The summed E-state index contributed by atoms with van der Waals surface area (Å²) in [6.45, 7) is 0. The first-order valence-corrected chi connectivity index (χ1v) is 7.21. The summed E-state index contributed by atoms with van der Waals surface area (Å²) in [7, 11) is 0. The molecule has 9 heteroatoms. The Balaban J connectivity index is 1.58. The predicted octanol–water partition coefficient (Wildman–Crippen LogP) is 1.74. The van der Waals surface area contributed by atoms with Gasteiger partial charge in [-0.25, -0.2) is 0 Å². The van der Waals surface area contributed by atoms with E-state index < -0.39 is 0 Å². The molecule has 22 heavy (non-hydrogen) atoms. The van der Waals surface area contributed by atoms with Crippen LogP contribution in [0.5, 0.6) is 0 Å². The predicted molar refractivity (Wildman–Crippen MR) is 80.4 cm³/mol. The van der Waals surface area contributed by atoms with Crippen LogP contribution in [0.25, 0.3) is 5.65 Å². The number of rotatable bonds is 4. The van der Waals surface area contributed by atoms with Gasteiger partial charge in [-0.15, -0.1) is 0 Å². The van der Waals surface area contributed by atoms with Crippen molar-refractivity contribution in [2.24, 2.45) is 0 Å². The van der Waals surface area contributed by atoms with Gasteiger partial charge in [-0.1, -0.05) is 0 Å². The van der Waals surface area contributed by atoms with Crippen molar-refractivity contribution in [3.8, 4) is 0 Å². The smallest absolute Gasteiger partial charge is 0.269 e. The number of aromatic nitrogens is 5. The summed E-state index contributed by atoms with van der Waals surface area (Å²) in [4.78, 5) is 20.2. The second kappa shape index (κ2) is 4.99. The number of nitrogens with zero attached hydrogens (tertiary/aromatic N) is 4. The van der Waals surface area contributed by atoms with Gasteiger partial charge in [0.05, 0.1) is 0 Å². The van der Waals surface area contributed by atoms with Gasteiger partial charge in [0.1, 0.15) is 11.3 Å². The monoisotopic (exact) mass is 317 g/mol. The number of carbonyl (C=O) groups is 1. The van der Waals surface area contributed by atoms with Crippen molar-refractivity contribution >= 4 is 34.9 Å². The normalized spacial score (nSPS) is 14.2. The van der Waals surface area contributed by atoms with E-state index in [0.29, 0.717) is 29.1 Å². The first-order chi connectivity index (χ1) is 10.7. The Labute approximate surface area is 129 Å². The van der Waals surface area contributed by atoms with Crippen molar-refractivity contribution in [1.29, 1.82) is 0 Å². The molecule has 112 valence electrons. The van der Waals surface area contributed by atoms with Crippen LogP contribution in [0.15, 0.2) is 24.4 Å². The topological polar surface area (TPSA) is 100 Å². The molecule has 4 rings (SSSR count). The molecule has 0 atom stereocenters. The van der Waals surface area contributed by atoms with Gasteiger partial charge >= 0.3 is 0 Å². The van der Waals surface area contributed by atoms with Gasteiger partial charge in [0.2, 0.25) is 11.2 Å². The van der Waals surface area contributed by atoms with Crippen LogP contribution >= 0.6 is 11.6 Å². The zero-order chi connectivity index (χ0) is 15.1. The van der Waals surface area contributed by atoms with E-state index in [1.807, 2.05) is 12.1 Å². The number of anilines is 2. The minimum atomic E-state index is -0.158. The van der Waals surface area contributed by atoms with Crippen molar-refractivity contribution in [2.45, 2.75) is 18.9 Å². The fraction of sp³-hybridized carbons (Fsp3) is 0.231. The molecule has 3 N–H and O–H groups in total. The summed E-state index contributed by atoms with van der Waals surface area (Å²) in [5.41, 5.74) is 1.07. The van der Waals surface area contributed by atoms with Crippen LogP contribution in [0.1, 0.15) is 23.3 Å². The van der Waals surface area contributed by atoms with Crippen LogP contribution in [0.2, 0.25) is 5.28 Å². The van der Waals surface area contributed by atoms with Crippen LogP contribution in [0.3, 0.4) is 0 Å². The fourth-order valence-corrected chi connectivity index (χ4v) is 2.27. The van der Waals surface area contributed by atoms with E-state index in [9.17, 15) is 4.79 Å². The first kappa shape index (κ1) is 13.1. The summed E-state index contributed by atoms with van der Waals surface area (Å²) in [5.74, 6) is 0.793. The molecular formula is C13H12ClN7O. The molecule has 0 spiro atoms. The number of hydrogen-bond acceptors (Lipinski definition) is 5. The molecule has 1 amide bonds. The maximum Gasteiger partial charge on any atom is 0.269 e. The maximum atomic E-state index is 11.9. The van der Waals surface area contributed by atoms with Gasteiger partial charge in [0.25, 0.3) is 5.91 Å². The molecule has 0 aliphatic heterocycles. The minimum Gasteiger partial charge on any atom is -0.348 e. The Kier molecular flexibility index (Phi) is 2.97. The van der Waals surface area contributed by atoms with Crippen molar-refractivity contribution in [3.63, 3.8) is 0 Å². The molecule has 0 aromatic carbocycles. The van der Waals surface area contributed by atoms with E-state index in [2.05, 4.69) is 30.8 Å². The summed E-state index contributed by atoms with van der Waals surface area (Å²) in [6.07, 6.45) is 3.88. The zero-order valence-electron chi connectivity index (χ0n) is 11.4. The quantitative estimate of drug-likeness (QED) is 0.680. The van der Waals surface area contributed by atoms with Crippen molar-refractivity contribution in [3.05, 3.63) is 35.4 Å². The molecular weight excluding hydrogens is 306 g/mol. The molecule has 0 unspecified atom stereocenters. The molecule has 1 saturated carbocycles. The van der Waals surface area contributed by atoms with Gasteiger partial charge in [-0.05, 0) is 36.6 Å². The summed E-state index contributed by atoms with van der Waals surface area (Å²) in [6, 6.07) is 5.58. The second-order valence-electron chi connectivity index (χ2n) is 5.09. The van der Waals surface area contributed by atoms with Gasteiger partial charge in [-0.3, -0.25) is 14.3 Å². The standard InChI is InChI=1S/C13H12ClN7O/c14-12-17-10-2-1-5-21(10)13(18-12)16-9-6-8(19-20-9)11(22)15-7-3-4-7/h1-2,5-7H,3-4H2,(H,15,22)(H2,16,17,18,19,20). The lowest BCUT2D eigenvalue weighted by Gasteiger charge is -2.05. The van der Waals surface area contributed by atoms with E-state index in [1.54, 1.807) is 16.7 Å². The van der Waals surface area contributed by atoms with Crippen molar-refractivity contribution in [2.75, 3.05) is 5.32 Å². The molecule has 8 nitrogen and oxygen atoms in total. The molecule has 0 saturated heterocycles. The number of carbonyl (C=O) groups excluding carboxylic acids is 1.